The Kier molecular flexibility index (Phi) is 6.46. The molecule has 0 heterocycles. The molecule has 0 bridgehead atoms. The lowest BCUT2D eigenvalue weighted by Gasteiger charge is -2.22. The first kappa shape index (κ1) is 17.8. The van der Waals surface area contributed by atoms with Gasteiger partial charge in [0.15, 0.2) is 5.75 Å². The number of sulfonamides is 1. The standard InChI is InChI=1S/C14H19ClN2O3S/c1-10(2)8-13(17-21(18,19)7-6-16)12-9-11(15)4-5-14(12)20-3/h4-5,9-10,13,17H,7-8H2,1-3H3/t13-/m0/s1. The van der Waals surface area contributed by atoms with Gasteiger partial charge in [0.1, 0.15) is 5.75 Å². The SMILES string of the molecule is COc1ccc(Cl)cc1[C@H](CC(C)C)NS(=O)(=O)CC#N. The fraction of sp³-hybridized carbons (Fsp3) is 0.500. The zero-order valence-corrected chi connectivity index (χ0v) is 13.8. The van der Waals surface area contributed by atoms with Crippen LogP contribution in [0.1, 0.15) is 31.9 Å². The van der Waals surface area contributed by atoms with Crippen molar-refractivity contribution in [1.82, 2.24) is 4.72 Å². The third-order valence-electron chi connectivity index (χ3n) is 2.85. The molecule has 1 N–H and O–H groups in total. The number of hydrogen-bond acceptors (Lipinski definition) is 4. The summed E-state index contributed by atoms with van der Waals surface area (Å²) in [7, 11) is -2.16. The van der Waals surface area contributed by atoms with Crippen LogP contribution in [0.5, 0.6) is 5.75 Å². The van der Waals surface area contributed by atoms with Crippen LogP contribution in [0, 0.1) is 17.2 Å². The first-order valence-electron chi connectivity index (χ1n) is 6.49. The van der Waals surface area contributed by atoms with Crippen LogP contribution in [0.3, 0.4) is 0 Å². The van der Waals surface area contributed by atoms with Crippen molar-refractivity contribution in [3.63, 3.8) is 0 Å². The molecule has 21 heavy (non-hydrogen) atoms. The molecule has 0 unspecified atom stereocenters. The Balaban J connectivity index is 3.20. The van der Waals surface area contributed by atoms with Crippen LogP contribution in [0.15, 0.2) is 18.2 Å². The van der Waals surface area contributed by atoms with Gasteiger partial charge >= 0.3 is 0 Å². The smallest absolute Gasteiger partial charge is 0.225 e. The molecule has 0 aromatic heterocycles. The van der Waals surface area contributed by atoms with E-state index in [-0.39, 0.29) is 5.92 Å². The number of hydrogen-bond donors (Lipinski definition) is 1. The average molecular weight is 331 g/mol. The second-order valence-corrected chi connectivity index (χ2v) is 7.29. The number of benzene rings is 1. The second-order valence-electron chi connectivity index (χ2n) is 5.10. The first-order valence-corrected chi connectivity index (χ1v) is 8.52. The molecule has 1 aromatic carbocycles. The lowest BCUT2D eigenvalue weighted by Crippen LogP contribution is -2.31. The lowest BCUT2D eigenvalue weighted by molar-refractivity contribution is 0.394. The first-order chi connectivity index (χ1) is 9.79. The maximum Gasteiger partial charge on any atom is 0.225 e. The number of methoxy groups -OCH3 is 1. The minimum absolute atomic E-state index is 0.253. The largest absolute Gasteiger partial charge is 0.496 e. The van der Waals surface area contributed by atoms with Crippen LogP contribution < -0.4 is 9.46 Å². The molecular weight excluding hydrogens is 312 g/mol. The molecule has 1 rings (SSSR count). The fourth-order valence-electron chi connectivity index (χ4n) is 2.03. The summed E-state index contributed by atoms with van der Waals surface area (Å²) in [4.78, 5) is 0. The van der Waals surface area contributed by atoms with Crippen molar-refractivity contribution in [1.29, 1.82) is 5.26 Å². The molecule has 0 radical (unpaired) electrons. The van der Waals surface area contributed by atoms with Crippen molar-refractivity contribution in [3.8, 4) is 11.8 Å². The van der Waals surface area contributed by atoms with Gasteiger partial charge in [-0.1, -0.05) is 25.4 Å². The number of rotatable bonds is 7. The fourth-order valence-corrected chi connectivity index (χ4v) is 3.12. The van der Waals surface area contributed by atoms with Crippen molar-refractivity contribution in [2.75, 3.05) is 12.9 Å². The van der Waals surface area contributed by atoms with Crippen LogP contribution in [0.25, 0.3) is 0 Å². The van der Waals surface area contributed by atoms with E-state index in [1.54, 1.807) is 24.3 Å². The van der Waals surface area contributed by atoms with E-state index in [2.05, 4.69) is 4.72 Å². The highest BCUT2D eigenvalue weighted by molar-refractivity contribution is 7.89. The summed E-state index contributed by atoms with van der Waals surface area (Å²) in [6, 6.07) is 6.22. The lowest BCUT2D eigenvalue weighted by atomic mass is 9.97. The maximum atomic E-state index is 11.9. The molecule has 7 heteroatoms. The van der Waals surface area contributed by atoms with E-state index in [0.29, 0.717) is 22.8 Å². The molecule has 0 saturated heterocycles. The van der Waals surface area contributed by atoms with Crippen LogP contribution in [-0.4, -0.2) is 21.3 Å². The molecule has 0 saturated carbocycles. The van der Waals surface area contributed by atoms with Gasteiger partial charge in [-0.05, 0) is 30.5 Å². The summed E-state index contributed by atoms with van der Waals surface area (Å²) in [6.45, 7) is 3.98. The van der Waals surface area contributed by atoms with Crippen molar-refractivity contribution in [2.45, 2.75) is 26.3 Å². The Hall–Kier alpha value is -1.29. The van der Waals surface area contributed by atoms with Crippen LogP contribution in [-0.2, 0) is 10.0 Å². The summed E-state index contributed by atoms with van der Waals surface area (Å²) < 4.78 is 31.6. The average Bonchev–Trinajstić information content (AvgIpc) is 2.36. The number of nitriles is 1. The van der Waals surface area contributed by atoms with Crippen LogP contribution in [0.4, 0.5) is 0 Å². The Morgan fingerprint density at radius 2 is 2.10 bits per heavy atom. The third-order valence-corrected chi connectivity index (χ3v) is 4.24. The van der Waals surface area contributed by atoms with E-state index in [0.717, 1.165) is 0 Å². The van der Waals surface area contributed by atoms with Gasteiger partial charge in [-0.25, -0.2) is 13.1 Å². The van der Waals surface area contributed by atoms with Gasteiger partial charge in [0, 0.05) is 10.6 Å². The molecule has 116 valence electrons. The Labute approximate surface area is 130 Å². The number of nitrogens with zero attached hydrogens (tertiary/aromatic N) is 1. The monoisotopic (exact) mass is 330 g/mol. The second kappa shape index (κ2) is 7.64. The molecule has 1 aromatic rings. The number of ether oxygens (including phenoxy) is 1. The molecule has 5 nitrogen and oxygen atoms in total. The predicted molar refractivity (Wildman–Crippen MR) is 82.7 cm³/mol. The van der Waals surface area contributed by atoms with Gasteiger partial charge in [0.2, 0.25) is 10.0 Å². The minimum atomic E-state index is -3.67. The van der Waals surface area contributed by atoms with E-state index < -0.39 is 21.8 Å². The quantitative estimate of drug-likeness (QED) is 0.833. The van der Waals surface area contributed by atoms with Crippen molar-refractivity contribution < 1.29 is 13.2 Å². The van der Waals surface area contributed by atoms with Gasteiger partial charge in [-0.15, -0.1) is 0 Å². The highest BCUT2D eigenvalue weighted by atomic mass is 35.5. The summed E-state index contributed by atoms with van der Waals surface area (Å²) in [5, 5.41) is 9.10. The van der Waals surface area contributed by atoms with Crippen molar-refractivity contribution >= 4 is 21.6 Å². The third kappa shape index (κ3) is 5.54. The Bertz CT molecular complexity index is 624. The summed E-state index contributed by atoms with van der Waals surface area (Å²) in [5.74, 6) is 0.234. The molecule has 0 aliphatic rings. The van der Waals surface area contributed by atoms with Gasteiger partial charge < -0.3 is 4.74 Å². The van der Waals surface area contributed by atoms with Crippen LogP contribution >= 0.6 is 11.6 Å². The molecule has 0 spiro atoms. The van der Waals surface area contributed by atoms with Crippen LogP contribution in [0.2, 0.25) is 5.02 Å². The Morgan fingerprint density at radius 3 is 2.62 bits per heavy atom. The highest BCUT2D eigenvalue weighted by Gasteiger charge is 2.23. The summed E-state index contributed by atoms with van der Waals surface area (Å²) in [6.07, 6.45) is 0.571. The number of halogens is 1. The Morgan fingerprint density at radius 1 is 1.43 bits per heavy atom. The molecule has 0 aliphatic heterocycles. The van der Waals surface area contributed by atoms with E-state index in [1.807, 2.05) is 13.8 Å². The predicted octanol–water partition coefficient (Wildman–Crippen LogP) is 2.88. The zero-order chi connectivity index (χ0) is 16.0. The van der Waals surface area contributed by atoms with E-state index in [1.165, 1.54) is 7.11 Å². The van der Waals surface area contributed by atoms with Gasteiger partial charge in [-0.3, -0.25) is 0 Å². The molecular formula is C14H19ClN2O3S. The summed E-state index contributed by atoms with van der Waals surface area (Å²) in [5.41, 5.74) is 0.667. The normalized spacial score (nSPS) is 13.0. The maximum absolute atomic E-state index is 11.9. The highest BCUT2D eigenvalue weighted by Crippen LogP contribution is 2.32. The zero-order valence-electron chi connectivity index (χ0n) is 12.3. The number of nitrogens with one attached hydrogen (secondary N) is 1. The topological polar surface area (TPSA) is 79.2 Å². The van der Waals surface area contributed by atoms with Gasteiger partial charge in [0.25, 0.3) is 0 Å². The van der Waals surface area contributed by atoms with Gasteiger partial charge in [-0.2, -0.15) is 5.26 Å². The van der Waals surface area contributed by atoms with Crippen molar-refractivity contribution in [2.24, 2.45) is 5.92 Å². The molecule has 0 aliphatic carbocycles. The van der Waals surface area contributed by atoms with Crippen molar-refractivity contribution in [3.05, 3.63) is 28.8 Å². The summed E-state index contributed by atoms with van der Waals surface area (Å²) >= 11 is 6.00. The van der Waals surface area contributed by atoms with E-state index in [9.17, 15) is 8.42 Å². The molecule has 1 atom stereocenters. The molecule has 0 fully saturated rings. The van der Waals surface area contributed by atoms with Gasteiger partial charge in [0.05, 0.1) is 19.2 Å². The molecule has 0 amide bonds. The minimum Gasteiger partial charge on any atom is -0.496 e. The van der Waals surface area contributed by atoms with E-state index >= 15 is 0 Å². The van der Waals surface area contributed by atoms with E-state index in [4.69, 9.17) is 21.6 Å².